The molecule has 1 saturated carbocycles. The number of hydrogen-bond acceptors (Lipinski definition) is 3. The fourth-order valence-corrected chi connectivity index (χ4v) is 5.43. The lowest BCUT2D eigenvalue weighted by Crippen LogP contribution is -2.48. The van der Waals surface area contributed by atoms with Gasteiger partial charge in [-0.1, -0.05) is 37.1 Å². The number of hydrogen-bond donors (Lipinski definition) is 2. The van der Waals surface area contributed by atoms with Crippen LogP contribution in [0.1, 0.15) is 61.4 Å². The Kier molecular flexibility index (Phi) is 8.33. The molecule has 2 aliphatic rings. The van der Waals surface area contributed by atoms with E-state index in [1.807, 2.05) is 12.1 Å². The topological polar surface area (TPSA) is 61.4 Å². The molecule has 2 amide bonds. The summed E-state index contributed by atoms with van der Waals surface area (Å²) < 4.78 is 13.2. The number of ketones is 1. The zero-order valence-corrected chi connectivity index (χ0v) is 20.1. The molecule has 4 rings (SSSR count). The van der Waals surface area contributed by atoms with Crippen LogP contribution in [0.25, 0.3) is 0 Å². The van der Waals surface area contributed by atoms with Crippen LogP contribution in [0.5, 0.6) is 0 Å². The fraction of sp³-hybridized carbons (Fsp3) is 0.500. The van der Waals surface area contributed by atoms with E-state index < -0.39 is 0 Å². The molecule has 1 heterocycles. The van der Waals surface area contributed by atoms with Gasteiger partial charge in [0.2, 0.25) is 0 Å². The van der Waals surface area contributed by atoms with Gasteiger partial charge in [-0.15, -0.1) is 0 Å². The molecule has 2 N–H and O–H groups in total. The first kappa shape index (κ1) is 24.4. The van der Waals surface area contributed by atoms with Gasteiger partial charge in [0.1, 0.15) is 5.82 Å². The van der Waals surface area contributed by atoms with Crippen LogP contribution in [0, 0.1) is 17.7 Å². The Morgan fingerprint density at radius 1 is 1.00 bits per heavy atom. The molecular formula is C28H36FN3O2. The standard InChI is InChI=1S/C28H36FN3O2/c1-20(33)23-6-4-7-26(18-23)30-28(34)31-27-8-3-2-5-24(27)19-32-15-13-22(14-16-32)17-21-9-11-25(29)12-10-21/h4,6-7,9-12,18,22,24,27H,2-3,5,8,13-17,19H2,1H3,(H2,30,31,34)/t24-,27+/m1/s1. The number of rotatable bonds is 7. The normalized spacial score (nSPS) is 21.7. The Bertz CT molecular complexity index is 970. The van der Waals surface area contributed by atoms with Crippen molar-refractivity contribution in [2.45, 2.75) is 57.9 Å². The number of likely N-dealkylation sites (tertiary alicyclic amines) is 1. The lowest BCUT2D eigenvalue weighted by molar-refractivity contribution is 0.101. The number of carbonyl (C=O) groups excluding carboxylic acids is 2. The van der Waals surface area contributed by atoms with Crippen molar-refractivity contribution in [1.29, 1.82) is 0 Å². The number of amides is 2. The van der Waals surface area contributed by atoms with Gasteiger partial charge in [0, 0.05) is 23.8 Å². The van der Waals surface area contributed by atoms with E-state index in [1.54, 1.807) is 36.4 Å². The third kappa shape index (κ3) is 6.89. The van der Waals surface area contributed by atoms with Crippen molar-refractivity contribution in [3.05, 3.63) is 65.5 Å². The van der Waals surface area contributed by atoms with Gasteiger partial charge < -0.3 is 15.5 Å². The maximum Gasteiger partial charge on any atom is 0.319 e. The maximum atomic E-state index is 13.2. The maximum absolute atomic E-state index is 13.2. The number of urea groups is 1. The number of nitrogens with zero attached hydrogens (tertiary/aromatic N) is 1. The molecule has 1 aliphatic carbocycles. The number of Topliss-reactive ketones (excluding diaryl/α,β-unsaturated/α-hetero) is 1. The zero-order chi connectivity index (χ0) is 23.9. The predicted octanol–water partition coefficient (Wildman–Crippen LogP) is 5.66. The first-order valence-corrected chi connectivity index (χ1v) is 12.6. The van der Waals surface area contributed by atoms with E-state index in [9.17, 15) is 14.0 Å². The quantitative estimate of drug-likeness (QED) is 0.519. The lowest BCUT2D eigenvalue weighted by Gasteiger charge is -2.39. The second-order valence-electron chi connectivity index (χ2n) is 9.96. The number of nitrogens with one attached hydrogen (secondary N) is 2. The highest BCUT2D eigenvalue weighted by atomic mass is 19.1. The van der Waals surface area contributed by atoms with Crippen molar-refractivity contribution in [3.8, 4) is 0 Å². The van der Waals surface area contributed by atoms with Crippen molar-refractivity contribution >= 4 is 17.5 Å². The van der Waals surface area contributed by atoms with Crippen LogP contribution in [0.15, 0.2) is 48.5 Å². The summed E-state index contributed by atoms with van der Waals surface area (Å²) in [5.74, 6) is 0.917. The summed E-state index contributed by atoms with van der Waals surface area (Å²) in [6.45, 7) is 4.71. The van der Waals surface area contributed by atoms with Gasteiger partial charge in [-0.25, -0.2) is 9.18 Å². The average molecular weight is 466 g/mol. The monoisotopic (exact) mass is 465 g/mol. The number of piperidine rings is 1. The number of benzene rings is 2. The van der Waals surface area contributed by atoms with Crippen LogP contribution in [0.3, 0.4) is 0 Å². The minimum atomic E-state index is -0.199. The third-order valence-corrected chi connectivity index (χ3v) is 7.39. The van der Waals surface area contributed by atoms with E-state index in [2.05, 4.69) is 15.5 Å². The minimum absolute atomic E-state index is 0.0159. The second kappa shape index (κ2) is 11.6. The van der Waals surface area contributed by atoms with Crippen molar-refractivity contribution in [1.82, 2.24) is 10.2 Å². The van der Waals surface area contributed by atoms with Gasteiger partial charge in [0.25, 0.3) is 0 Å². The molecule has 0 spiro atoms. The predicted molar refractivity (Wildman–Crippen MR) is 134 cm³/mol. The van der Waals surface area contributed by atoms with E-state index in [0.29, 0.717) is 23.1 Å². The van der Waals surface area contributed by atoms with Crippen molar-refractivity contribution in [2.24, 2.45) is 11.8 Å². The van der Waals surface area contributed by atoms with Gasteiger partial charge in [-0.3, -0.25) is 4.79 Å². The molecule has 2 atom stereocenters. The molecule has 2 fully saturated rings. The molecule has 0 aromatic heterocycles. The van der Waals surface area contributed by atoms with E-state index >= 15 is 0 Å². The highest BCUT2D eigenvalue weighted by Crippen LogP contribution is 2.28. The summed E-state index contributed by atoms with van der Waals surface area (Å²) in [4.78, 5) is 26.9. The van der Waals surface area contributed by atoms with Crippen LogP contribution in [-0.4, -0.2) is 42.4 Å². The third-order valence-electron chi connectivity index (χ3n) is 7.39. The molecule has 2 aromatic rings. The van der Waals surface area contributed by atoms with Crippen molar-refractivity contribution in [2.75, 3.05) is 25.0 Å². The molecule has 1 saturated heterocycles. The minimum Gasteiger partial charge on any atom is -0.335 e. The first-order valence-electron chi connectivity index (χ1n) is 12.6. The van der Waals surface area contributed by atoms with Crippen LogP contribution < -0.4 is 10.6 Å². The second-order valence-corrected chi connectivity index (χ2v) is 9.96. The van der Waals surface area contributed by atoms with Crippen molar-refractivity contribution in [3.63, 3.8) is 0 Å². The zero-order valence-electron chi connectivity index (χ0n) is 20.1. The van der Waals surface area contributed by atoms with E-state index in [-0.39, 0.29) is 23.7 Å². The summed E-state index contributed by atoms with van der Waals surface area (Å²) >= 11 is 0. The Hall–Kier alpha value is -2.73. The molecule has 0 unspecified atom stereocenters. The Morgan fingerprint density at radius 2 is 1.74 bits per heavy atom. The smallest absolute Gasteiger partial charge is 0.319 e. The average Bonchev–Trinajstić information content (AvgIpc) is 2.83. The summed E-state index contributed by atoms with van der Waals surface area (Å²) in [5.41, 5.74) is 2.45. The molecular weight excluding hydrogens is 429 g/mol. The summed E-state index contributed by atoms with van der Waals surface area (Å²) in [7, 11) is 0. The highest BCUT2D eigenvalue weighted by Gasteiger charge is 2.30. The van der Waals surface area contributed by atoms with Crippen LogP contribution in [0.2, 0.25) is 0 Å². The van der Waals surface area contributed by atoms with Crippen LogP contribution in [-0.2, 0) is 6.42 Å². The Labute approximate surface area is 202 Å². The van der Waals surface area contributed by atoms with E-state index in [4.69, 9.17) is 0 Å². The first-order chi connectivity index (χ1) is 16.5. The van der Waals surface area contributed by atoms with Crippen LogP contribution in [0.4, 0.5) is 14.9 Å². The molecule has 5 nitrogen and oxygen atoms in total. The molecule has 1 aliphatic heterocycles. The van der Waals surface area contributed by atoms with Gasteiger partial charge in [0.05, 0.1) is 0 Å². The highest BCUT2D eigenvalue weighted by molar-refractivity contribution is 5.96. The number of halogens is 1. The Balaban J connectivity index is 1.25. The Morgan fingerprint density at radius 3 is 2.47 bits per heavy atom. The summed E-state index contributed by atoms with van der Waals surface area (Å²) in [5, 5.41) is 6.11. The van der Waals surface area contributed by atoms with Gasteiger partial charge in [0.15, 0.2) is 5.78 Å². The molecule has 6 heteroatoms. The summed E-state index contributed by atoms with van der Waals surface area (Å²) in [6, 6.07) is 14.0. The SMILES string of the molecule is CC(=O)c1cccc(NC(=O)N[C@H]2CCCC[C@@H]2CN2CCC(Cc3ccc(F)cc3)CC2)c1. The number of anilines is 1. The molecule has 182 valence electrons. The van der Waals surface area contributed by atoms with Gasteiger partial charge >= 0.3 is 6.03 Å². The lowest BCUT2D eigenvalue weighted by atomic mass is 9.83. The fourth-order valence-electron chi connectivity index (χ4n) is 5.43. The van der Waals surface area contributed by atoms with Crippen molar-refractivity contribution < 1.29 is 14.0 Å². The number of carbonyl (C=O) groups is 2. The molecule has 34 heavy (non-hydrogen) atoms. The molecule has 2 aromatic carbocycles. The van der Waals surface area contributed by atoms with Crippen LogP contribution >= 0.6 is 0 Å². The van der Waals surface area contributed by atoms with Gasteiger partial charge in [-0.2, -0.15) is 0 Å². The largest absolute Gasteiger partial charge is 0.335 e. The van der Waals surface area contributed by atoms with E-state index in [1.165, 1.54) is 18.9 Å². The molecule has 0 bridgehead atoms. The molecule has 0 radical (unpaired) electrons. The van der Waals surface area contributed by atoms with E-state index in [0.717, 1.165) is 58.2 Å². The van der Waals surface area contributed by atoms with Gasteiger partial charge in [-0.05, 0) is 93.8 Å². The summed E-state index contributed by atoms with van der Waals surface area (Å²) in [6.07, 6.45) is 7.84.